The quantitative estimate of drug-likeness (QED) is 0.293. The van der Waals surface area contributed by atoms with Crippen LogP contribution >= 0.6 is 0 Å². The molecule has 2 aliphatic carbocycles. The number of aliphatic hydroxyl groups is 1. The van der Waals surface area contributed by atoms with Gasteiger partial charge in [0.25, 0.3) is 0 Å². The van der Waals surface area contributed by atoms with Crippen LogP contribution in [-0.4, -0.2) is 34.2 Å². The second kappa shape index (κ2) is 9.53. The second-order valence-corrected chi connectivity index (χ2v) is 13.7. The van der Waals surface area contributed by atoms with Crippen LogP contribution in [-0.2, 0) is 19.1 Å². The molecule has 0 amide bonds. The summed E-state index contributed by atoms with van der Waals surface area (Å²) < 4.78 is 6.26. The molecule has 0 spiro atoms. The van der Waals surface area contributed by atoms with Crippen LogP contribution in [0.25, 0.3) is 0 Å². The maximum absolute atomic E-state index is 14.7. The van der Waals surface area contributed by atoms with Gasteiger partial charge in [-0.2, -0.15) is 0 Å². The lowest BCUT2D eigenvalue weighted by molar-refractivity contribution is -0.180. The lowest BCUT2D eigenvalue weighted by Crippen LogP contribution is -2.70. The van der Waals surface area contributed by atoms with Gasteiger partial charge in [0.05, 0.1) is 11.0 Å². The van der Waals surface area contributed by atoms with Crippen LogP contribution in [0.2, 0.25) is 0 Å². The van der Waals surface area contributed by atoms with Gasteiger partial charge in [-0.05, 0) is 71.1 Å². The zero-order valence-corrected chi connectivity index (χ0v) is 24.2. The number of Topliss-reactive ketones (excluding diaryl/α,β-unsaturated/α-hetero) is 3. The van der Waals surface area contributed by atoms with Gasteiger partial charge in [-0.3, -0.25) is 14.4 Å². The Balaban J connectivity index is 2.30. The average molecular weight is 501 g/mol. The number of hydrogen-bond acceptors (Lipinski definition) is 5. The van der Waals surface area contributed by atoms with Gasteiger partial charge in [0.15, 0.2) is 22.8 Å². The van der Waals surface area contributed by atoms with E-state index in [1.807, 2.05) is 13.8 Å². The molecule has 1 aliphatic heterocycles. The SMILES string of the molecule is CC(C)=CC[C@H]1C[C@@]2(C)C(=O)[C@](C(=O)C(C)C)(C(=O)C3=C2O[C@@H](C(C)(C)O)C3)[C@]1(C)CCCC(C)C. The summed E-state index contributed by atoms with van der Waals surface area (Å²) in [6.45, 7) is 19.3. The predicted molar refractivity (Wildman–Crippen MR) is 142 cm³/mol. The highest BCUT2D eigenvalue weighted by Gasteiger charge is 2.76. The monoisotopic (exact) mass is 500 g/mol. The molecule has 0 unspecified atom stereocenters. The second-order valence-electron chi connectivity index (χ2n) is 13.7. The van der Waals surface area contributed by atoms with E-state index in [1.165, 1.54) is 5.57 Å². The van der Waals surface area contributed by atoms with Crippen molar-refractivity contribution in [2.24, 2.45) is 34.0 Å². The van der Waals surface area contributed by atoms with Crippen LogP contribution in [0.15, 0.2) is 23.0 Å². The number of carbonyl (C=O) groups excluding carboxylic acids is 3. The van der Waals surface area contributed by atoms with E-state index in [4.69, 9.17) is 4.74 Å². The fourth-order valence-electron chi connectivity index (χ4n) is 7.09. The molecular formula is C31H48O5. The maximum atomic E-state index is 14.7. The van der Waals surface area contributed by atoms with Gasteiger partial charge in [-0.15, -0.1) is 0 Å². The van der Waals surface area contributed by atoms with Gasteiger partial charge in [-0.1, -0.05) is 59.1 Å². The number of allylic oxidation sites excluding steroid dienone is 3. The van der Waals surface area contributed by atoms with Crippen LogP contribution in [0.1, 0.15) is 108 Å². The van der Waals surface area contributed by atoms with E-state index >= 15 is 0 Å². The van der Waals surface area contributed by atoms with Crippen molar-refractivity contribution in [3.8, 4) is 0 Å². The highest BCUT2D eigenvalue weighted by molar-refractivity contribution is 6.33. The number of ketones is 3. The molecule has 1 N–H and O–H groups in total. The van der Waals surface area contributed by atoms with Gasteiger partial charge in [0.1, 0.15) is 11.9 Å². The summed E-state index contributed by atoms with van der Waals surface area (Å²) in [5.41, 5.74) is -3.13. The molecule has 3 rings (SSSR count). The topological polar surface area (TPSA) is 80.7 Å². The Labute approximate surface area is 218 Å². The molecule has 36 heavy (non-hydrogen) atoms. The molecule has 5 heteroatoms. The Morgan fingerprint density at radius 1 is 1.17 bits per heavy atom. The van der Waals surface area contributed by atoms with E-state index in [9.17, 15) is 19.5 Å². The smallest absolute Gasteiger partial charge is 0.184 e. The number of carbonyl (C=O) groups is 3. The van der Waals surface area contributed by atoms with Crippen molar-refractivity contribution in [1.82, 2.24) is 0 Å². The highest BCUT2D eigenvalue weighted by Crippen LogP contribution is 2.68. The van der Waals surface area contributed by atoms with E-state index < -0.39 is 33.9 Å². The van der Waals surface area contributed by atoms with Crippen LogP contribution in [0.3, 0.4) is 0 Å². The molecule has 1 saturated carbocycles. The summed E-state index contributed by atoms with van der Waals surface area (Å²) in [7, 11) is 0. The molecule has 0 aromatic carbocycles. The zero-order chi connectivity index (χ0) is 27.4. The molecule has 1 fully saturated rings. The molecule has 5 atom stereocenters. The lowest BCUT2D eigenvalue weighted by atomic mass is 9.38. The normalized spacial score (nSPS) is 34.2. The predicted octanol–water partition coefficient (Wildman–Crippen LogP) is 6.38. The first-order valence-corrected chi connectivity index (χ1v) is 13.8. The van der Waals surface area contributed by atoms with Gasteiger partial charge in [-0.25, -0.2) is 0 Å². The van der Waals surface area contributed by atoms with Crippen LogP contribution < -0.4 is 0 Å². The third kappa shape index (κ3) is 4.23. The molecule has 3 aliphatic rings. The lowest BCUT2D eigenvalue weighted by Gasteiger charge is -2.60. The van der Waals surface area contributed by atoms with Crippen LogP contribution in [0.4, 0.5) is 0 Å². The first-order chi connectivity index (χ1) is 16.4. The molecule has 202 valence electrons. The minimum absolute atomic E-state index is 0.0345. The average Bonchev–Trinajstić information content (AvgIpc) is 3.21. The van der Waals surface area contributed by atoms with Crippen LogP contribution in [0.5, 0.6) is 0 Å². The molecule has 0 aromatic rings. The van der Waals surface area contributed by atoms with Crippen LogP contribution in [0, 0.1) is 34.0 Å². The Hall–Kier alpha value is -1.75. The van der Waals surface area contributed by atoms with Gasteiger partial charge in [0.2, 0.25) is 0 Å². The van der Waals surface area contributed by atoms with Crippen molar-refractivity contribution in [3.05, 3.63) is 23.0 Å². The summed E-state index contributed by atoms with van der Waals surface area (Å²) in [6.07, 6.45) is 5.53. The Bertz CT molecular complexity index is 989. The Morgan fingerprint density at radius 2 is 1.78 bits per heavy atom. The van der Waals surface area contributed by atoms with Crippen molar-refractivity contribution in [1.29, 1.82) is 0 Å². The third-order valence-electron chi connectivity index (χ3n) is 9.26. The summed E-state index contributed by atoms with van der Waals surface area (Å²) in [4.78, 5) is 43.6. The van der Waals surface area contributed by atoms with Crippen molar-refractivity contribution in [3.63, 3.8) is 0 Å². The number of hydrogen-bond donors (Lipinski definition) is 1. The maximum Gasteiger partial charge on any atom is 0.184 e. The van der Waals surface area contributed by atoms with Gasteiger partial charge in [0, 0.05) is 17.9 Å². The van der Waals surface area contributed by atoms with Crippen molar-refractivity contribution in [2.75, 3.05) is 0 Å². The van der Waals surface area contributed by atoms with Crippen molar-refractivity contribution >= 4 is 17.3 Å². The summed E-state index contributed by atoms with van der Waals surface area (Å²) in [5, 5.41) is 10.7. The van der Waals surface area contributed by atoms with E-state index in [0.717, 1.165) is 12.8 Å². The fourth-order valence-corrected chi connectivity index (χ4v) is 7.09. The Kier molecular flexibility index (Phi) is 7.63. The first-order valence-electron chi connectivity index (χ1n) is 13.8. The Morgan fingerprint density at radius 3 is 2.28 bits per heavy atom. The van der Waals surface area contributed by atoms with E-state index in [0.29, 0.717) is 36.5 Å². The molecule has 0 radical (unpaired) electrons. The fraction of sp³-hybridized carbons (Fsp3) is 0.774. The summed E-state index contributed by atoms with van der Waals surface area (Å²) in [5.74, 6) is -0.484. The molecule has 2 bridgehead atoms. The van der Waals surface area contributed by atoms with Gasteiger partial charge < -0.3 is 9.84 Å². The van der Waals surface area contributed by atoms with E-state index in [-0.39, 0.29) is 29.7 Å². The summed E-state index contributed by atoms with van der Waals surface area (Å²) >= 11 is 0. The number of fused-ring (bicyclic) bond motifs is 3. The minimum Gasteiger partial charge on any atom is -0.490 e. The number of rotatable bonds is 9. The highest BCUT2D eigenvalue weighted by atomic mass is 16.5. The molecule has 0 saturated heterocycles. The zero-order valence-electron chi connectivity index (χ0n) is 24.2. The summed E-state index contributed by atoms with van der Waals surface area (Å²) in [6, 6.07) is 0. The molecule has 1 heterocycles. The number of ether oxygens (including phenoxy) is 1. The van der Waals surface area contributed by atoms with E-state index in [1.54, 1.807) is 27.7 Å². The largest absolute Gasteiger partial charge is 0.490 e. The molecular weight excluding hydrogens is 452 g/mol. The van der Waals surface area contributed by atoms with Gasteiger partial charge >= 0.3 is 0 Å². The molecule has 5 nitrogen and oxygen atoms in total. The van der Waals surface area contributed by atoms with Crippen molar-refractivity contribution < 1.29 is 24.2 Å². The molecule has 0 aromatic heterocycles. The van der Waals surface area contributed by atoms with Crippen molar-refractivity contribution in [2.45, 2.75) is 119 Å². The van der Waals surface area contributed by atoms with E-state index in [2.05, 4.69) is 33.8 Å². The minimum atomic E-state index is -1.72. The third-order valence-corrected chi connectivity index (χ3v) is 9.26. The standard InChI is InChI=1S/C31H48O5/c1-18(2)12-11-15-30(10)21(14-13-19(3)4)17-29(9)26-22(16-23(36-26)28(7,8)35)25(33)31(30,27(29)34)24(32)20(5)6/h13,18,20-21,23,35H,11-12,14-17H2,1-10H3/t21-,23+,29+,30+,31-/m0/s1. The first kappa shape index (κ1) is 28.8.